The quantitative estimate of drug-likeness (QED) is 0.563. The smallest absolute Gasteiger partial charge is 0.0547 e. The normalized spacial score (nSPS) is 13.2. The van der Waals surface area contributed by atoms with Gasteiger partial charge in [0.05, 0.1) is 6.10 Å². The van der Waals surface area contributed by atoms with Gasteiger partial charge in [0.2, 0.25) is 0 Å². The highest BCUT2D eigenvalue weighted by molar-refractivity contribution is 4.51. The van der Waals surface area contributed by atoms with E-state index in [2.05, 4.69) is 6.92 Å². The maximum atomic E-state index is 5.51. The minimum Gasteiger partial charge on any atom is -0.385 e. The molecule has 0 aliphatic heterocycles. The molecule has 1 atom stereocenters. The van der Waals surface area contributed by atoms with Crippen LogP contribution in [0.2, 0.25) is 0 Å². The van der Waals surface area contributed by atoms with Gasteiger partial charge in [-0.05, 0) is 32.7 Å². The summed E-state index contributed by atoms with van der Waals surface area (Å²) in [6.45, 7) is 4.41. The number of ether oxygens (including phenoxy) is 2. The largest absolute Gasteiger partial charge is 0.385 e. The molecule has 0 fully saturated rings. The molecule has 0 heterocycles. The minimum atomic E-state index is 0.338. The Bertz CT molecular complexity index is 88.6. The molecule has 3 heteroatoms. The second kappa shape index (κ2) is 8.97. The third-order valence-electron chi connectivity index (χ3n) is 1.71. The molecule has 0 amide bonds. The molecule has 2 N–H and O–H groups in total. The zero-order valence-corrected chi connectivity index (χ0v) is 8.21. The first-order valence-corrected chi connectivity index (χ1v) is 4.62. The highest BCUT2D eigenvalue weighted by atomic mass is 16.5. The van der Waals surface area contributed by atoms with Gasteiger partial charge in [-0.25, -0.2) is 0 Å². The summed E-state index contributed by atoms with van der Waals surface area (Å²) in [5, 5.41) is 0. The molecule has 0 saturated carbocycles. The third kappa shape index (κ3) is 7.98. The van der Waals surface area contributed by atoms with Crippen LogP contribution >= 0.6 is 0 Å². The Kier molecular flexibility index (Phi) is 8.88. The second-order valence-electron chi connectivity index (χ2n) is 2.96. The van der Waals surface area contributed by atoms with Crippen LogP contribution in [0, 0.1) is 0 Å². The maximum Gasteiger partial charge on any atom is 0.0547 e. The zero-order chi connectivity index (χ0) is 9.23. The molecule has 12 heavy (non-hydrogen) atoms. The topological polar surface area (TPSA) is 44.5 Å². The number of rotatable bonds is 8. The van der Waals surface area contributed by atoms with Crippen molar-refractivity contribution in [1.29, 1.82) is 0 Å². The van der Waals surface area contributed by atoms with Crippen molar-refractivity contribution in [2.75, 3.05) is 26.9 Å². The average molecular weight is 175 g/mol. The van der Waals surface area contributed by atoms with Crippen molar-refractivity contribution < 1.29 is 9.47 Å². The molecule has 0 rings (SSSR count). The van der Waals surface area contributed by atoms with E-state index in [0.29, 0.717) is 6.10 Å². The van der Waals surface area contributed by atoms with Crippen LogP contribution in [0.3, 0.4) is 0 Å². The highest BCUT2D eigenvalue weighted by Crippen LogP contribution is 2.00. The fourth-order valence-electron chi connectivity index (χ4n) is 0.976. The molecule has 0 saturated heterocycles. The van der Waals surface area contributed by atoms with E-state index in [4.69, 9.17) is 15.2 Å². The molecule has 74 valence electrons. The molecule has 0 aromatic heterocycles. The van der Waals surface area contributed by atoms with Gasteiger partial charge < -0.3 is 15.2 Å². The van der Waals surface area contributed by atoms with Gasteiger partial charge in [0.25, 0.3) is 0 Å². The highest BCUT2D eigenvalue weighted by Gasteiger charge is 1.99. The van der Waals surface area contributed by atoms with Crippen LogP contribution < -0.4 is 5.73 Å². The fraction of sp³-hybridized carbons (Fsp3) is 1.00. The van der Waals surface area contributed by atoms with E-state index >= 15 is 0 Å². The maximum absolute atomic E-state index is 5.51. The number of hydrogen-bond donors (Lipinski definition) is 1. The SMILES string of the molecule is COCCCOC(C)CCCN. The van der Waals surface area contributed by atoms with Crippen molar-refractivity contribution in [3.05, 3.63) is 0 Å². The summed E-state index contributed by atoms with van der Waals surface area (Å²) in [6, 6.07) is 0. The molecular formula is C9H21NO2. The van der Waals surface area contributed by atoms with Crippen molar-refractivity contribution in [3.63, 3.8) is 0 Å². The van der Waals surface area contributed by atoms with Crippen LogP contribution in [-0.2, 0) is 9.47 Å². The van der Waals surface area contributed by atoms with Crippen LogP contribution in [-0.4, -0.2) is 33.0 Å². The van der Waals surface area contributed by atoms with Gasteiger partial charge in [-0.2, -0.15) is 0 Å². The second-order valence-corrected chi connectivity index (χ2v) is 2.96. The van der Waals surface area contributed by atoms with Crippen LogP contribution in [0.4, 0.5) is 0 Å². The Morgan fingerprint density at radius 2 is 2.00 bits per heavy atom. The molecule has 0 aliphatic carbocycles. The van der Waals surface area contributed by atoms with Gasteiger partial charge in [-0.3, -0.25) is 0 Å². The van der Waals surface area contributed by atoms with E-state index in [1.807, 2.05) is 0 Å². The predicted octanol–water partition coefficient (Wildman–Crippen LogP) is 1.17. The lowest BCUT2D eigenvalue weighted by molar-refractivity contribution is 0.0449. The Balaban J connectivity index is 3.02. The molecule has 0 bridgehead atoms. The lowest BCUT2D eigenvalue weighted by Crippen LogP contribution is -2.12. The van der Waals surface area contributed by atoms with Crippen molar-refractivity contribution in [2.45, 2.75) is 32.3 Å². The first-order chi connectivity index (χ1) is 5.81. The van der Waals surface area contributed by atoms with Crippen molar-refractivity contribution in [2.24, 2.45) is 5.73 Å². The lowest BCUT2D eigenvalue weighted by Gasteiger charge is -2.11. The molecule has 1 unspecified atom stereocenters. The molecule has 0 radical (unpaired) electrons. The van der Waals surface area contributed by atoms with Crippen LogP contribution in [0.1, 0.15) is 26.2 Å². The molecule has 0 aromatic carbocycles. The predicted molar refractivity (Wildman–Crippen MR) is 50.2 cm³/mol. The van der Waals surface area contributed by atoms with Gasteiger partial charge in [0, 0.05) is 20.3 Å². The van der Waals surface area contributed by atoms with E-state index in [-0.39, 0.29) is 0 Å². The summed E-state index contributed by atoms with van der Waals surface area (Å²) in [4.78, 5) is 0. The number of methoxy groups -OCH3 is 1. The summed E-state index contributed by atoms with van der Waals surface area (Å²) in [7, 11) is 1.71. The van der Waals surface area contributed by atoms with Gasteiger partial charge in [0.15, 0.2) is 0 Å². The fourth-order valence-corrected chi connectivity index (χ4v) is 0.976. The Labute approximate surface area is 75.2 Å². The Morgan fingerprint density at radius 3 is 2.58 bits per heavy atom. The first kappa shape index (κ1) is 11.9. The summed E-state index contributed by atoms with van der Waals surface area (Å²) in [5.41, 5.74) is 5.38. The molecular weight excluding hydrogens is 154 g/mol. The summed E-state index contributed by atoms with van der Waals surface area (Å²) in [6.07, 6.45) is 3.42. The van der Waals surface area contributed by atoms with E-state index in [9.17, 15) is 0 Å². The van der Waals surface area contributed by atoms with Gasteiger partial charge in [-0.15, -0.1) is 0 Å². The van der Waals surface area contributed by atoms with Crippen LogP contribution in [0.15, 0.2) is 0 Å². The van der Waals surface area contributed by atoms with Crippen molar-refractivity contribution in [1.82, 2.24) is 0 Å². The minimum absolute atomic E-state index is 0.338. The molecule has 0 aromatic rings. The molecule has 0 aliphatic rings. The number of nitrogens with two attached hydrogens (primary N) is 1. The van der Waals surface area contributed by atoms with E-state index in [0.717, 1.165) is 39.0 Å². The monoisotopic (exact) mass is 175 g/mol. The summed E-state index contributed by atoms with van der Waals surface area (Å²) >= 11 is 0. The molecule has 0 spiro atoms. The Hall–Kier alpha value is -0.120. The first-order valence-electron chi connectivity index (χ1n) is 4.62. The van der Waals surface area contributed by atoms with E-state index in [1.54, 1.807) is 7.11 Å². The summed E-state index contributed by atoms with van der Waals surface area (Å²) < 4.78 is 10.4. The zero-order valence-electron chi connectivity index (χ0n) is 8.21. The van der Waals surface area contributed by atoms with Gasteiger partial charge in [0.1, 0.15) is 0 Å². The Morgan fingerprint density at radius 1 is 1.25 bits per heavy atom. The van der Waals surface area contributed by atoms with Crippen molar-refractivity contribution in [3.8, 4) is 0 Å². The lowest BCUT2D eigenvalue weighted by atomic mass is 10.2. The standard InChI is InChI=1S/C9H21NO2/c1-9(5-3-6-10)12-8-4-7-11-2/h9H,3-8,10H2,1-2H3. The van der Waals surface area contributed by atoms with Crippen LogP contribution in [0.5, 0.6) is 0 Å². The average Bonchev–Trinajstić information content (AvgIpc) is 2.09. The third-order valence-corrected chi connectivity index (χ3v) is 1.71. The van der Waals surface area contributed by atoms with Gasteiger partial charge >= 0.3 is 0 Å². The number of hydrogen-bond acceptors (Lipinski definition) is 3. The molecule has 3 nitrogen and oxygen atoms in total. The van der Waals surface area contributed by atoms with E-state index < -0.39 is 0 Å². The van der Waals surface area contributed by atoms with Gasteiger partial charge in [-0.1, -0.05) is 0 Å². The van der Waals surface area contributed by atoms with Crippen LogP contribution in [0.25, 0.3) is 0 Å². The van der Waals surface area contributed by atoms with Crippen molar-refractivity contribution >= 4 is 0 Å². The van der Waals surface area contributed by atoms with E-state index in [1.165, 1.54) is 0 Å². The summed E-state index contributed by atoms with van der Waals surface area (Å²) in [5.74, 6) is 0.